The van der Waals surface area contributed by atoms with Crippen molar-refractivity contribution in [2.24, 2.45) is 0 Å². The van der Waals surface area contributed by atoms with E-state index in [4.69, 9.17) is 37.8 Å². The Hall–Kier alpha value is -2.01. The summed E-state index contributed by atoms with van der Waals surface area (Å²) in [6.45, 7) is 1.46. The number of aliphatic hydroxyl groups excluding tert-OH is 2. The van der Waals surface area contributed by atoms with E-state index in [-0.39, 0.29) is 32.5 Å². The van der Waals surface area contributed by atoms with Crippen LogP contribution in [-0.4, -0.2) is 64.7 Å². The van der Waals surface area contributed by atoms with Gasteiger partial charge in [-0.3, -0.25) is 4.79 Å². The van der Waals surface area contributed by atoms with Gasteiger partial charge in [0, 0.05) is 11.1 Å². The normalized spacial score (nSPS) is 20.7. The van der Waals surface area contributed by atoms with Gasteiger partial charge >= 0.3 is 0 Å². The fraction of sp³-hybridized carbons (Fsp3) is 0.450. The Labute approximate surface area is 189 Å². The second kappa shape index (κ2) is 11.0. The fourth-order valence-corrected chi connectivity index (χ4v) is 3.39. The highest BCUT2D eigenvalue weighted by molar-refractivity contribution is 6.31. The molecule has 11 heteroatoms. The number of nitrogens with one attached hydrogen (secondary N) is 2. The van der Waals surface area contributed by atoms with Gasteiger partial charge in [-0.1, -0.05) is 35.3 Å². The molecule has 3 rings (SSSR count). The molecule has 4 N–H and O–H groups in total. The van der Waals surface area contributed by atoms with Crippen molar-refractivity contribution in [1.29, 1.82) is 0 Å². The largest absolute Gasteiger partial charge is 0.394 e. The number of benzene rings is 1. The number of aromatic nitrogens is 2. The molecule has 4 atom stereocenters. The SMILES string of the molecule is CC(CO)Nc1ncc(Cl)c(C2COC(C(=O)N[C@H](CO)c3cccc(Cl)c3)CO2)n1. The van der Waals surface area contributed by atoms with Gasteiger partial charge in [-0.15, -0.1) is 0 Å². The van der Waals surface area contributed by atoms with Crippen LogP contribution in [0.3, 0.4) is 0 Å². The van der Waals surface area contributed by atoms with Gasteiger partial charge in [0.1, 0.15) is 6.10 Å². The number of carbonyl (C=O) groups is 1. The predicted octanol–water partition coefficient (Wildman–Crippen LogP) is 1.88. The molecular formula is C20H24Cl2N4O5. The van der Waals surface area contributed by atoms with E-state index < -0.39 is 24.2 Å². The van der Waals surface area contributed by atoms with Gasteiger partial charge in [0.2, 0.25) is 5.95 Å². The Bertz CT molecular complexity index is 896. The first-order chi connectivity index (χ1) is 14.9. The maximum absolute atomic E-state index is 12.6. The minimum Gasteiger partial charge on any atom is -0.394 e. The molecular weight excluding hydrogens is 447 g/mol. The first-order valence-electron chi connectivity index (χ1n) is 9.71. The highest BCUT2D eigenvalue weighted by Crippen LogP contribution is 2.28. The van der Waals surface area contributed by atoms with E-state index in [1.54, 1.807) is 31.2 Å². The van der Waals surface area contributed by atoms with Gasteiger partial charge in [-0.2, -0.15) is 0 Å². The lowest BCUT2D eigenvalue weighted by Gasteiger charge is -2.30. The second-order valence-corrected chi connectivity index (χ2v) is 7.94. The van der Waals surface area contributed by atoms with E-state index in [9.17, 15) is 9.90 Å². The zero-order chi connectivity index (χ0) is 22.4. The highest BCUT2D eigenvalue weighted by atomic mass is 35.5. The zero-order valence-electron chi connectivity index (χ0n) is 16.8. The number of rotatable bonds is 8. The zero-order valence-corrected chi connectivity index (χ0v) is 18.3. The fourth-order valence-electron chi connectivity index (χ4n) is 2.98. The van der Waals surface area contributed by atoms with Crippen LogP contribution in [0.15, 0.2) is 30.5 Å². The quantitative estimate of drug-likeness (QED) is 0.460. The van der Waals surface area contributed by atoms with E-state index in [1.165, 1.54) is 6.20 Å². The molecule has 2 heterocycles. The van der Waals surface area contributed by atoms with Crippen LogP contribution in [0.1, 0.15) is 30.3 Å². The number of nitrogens with zero attached hydrogens (tertiary/aromatic N) is 2. The summed E-state index contributed by atoms with van der Waals surface area (Å²) >= 11 is 12.2. The van der Waals surface area contributed by atoms with Crippen LogP contribution in [0.2, 0.25) is 10.0 Å². The molecule has 1 aliphatic heterocycles. The molecule has 1 aromatic carbocycles. The number of hydrogen-bond donors (Lipinski definition) is 4. The van der Waals surface area contributed by atoms with Crippen molar-refractivity contribution in [2.75, 3.05) is 31.7 Å². The van der Waals surface area contributed by atoms with Crippen molar-refractivity contribution in [3.8, 4) is 0 Å². The molecule has 1 amide bonds. The van der Waals surface area contributed by atoms with Gasteiger partial charge < -0.3 is 30.3 Å². The first kappa shape index (κ1) is 23.6. The summed E-state index contributed by atoms with van der Waals surface area (Å²) in [5.41, 5.74) is 1.11. The average Bonchev–Trinajstić information content (AvgIpc) is 2.78. The molecule has 0 radical (unpaired) electrons. The minimum absolute atomic E-state index is 0.0136. The van der Waals surface area contributed by atoms with Gasteiger partial charge in [0.15, 0.2) is 6.10 Å². The molecule has 1 fully saturated rings. The van der Waals surface area contributed by atoms with E-state index in [0.717, 1.165) is 0 Å². The Morgan fingerprint density at radius 3 is 2.71 bits per heavy atom. The van der Waals surface area contributed by atoms with E-state index in [0.29, 0.717) is 27.3 Å². The summed E-state index contributed by atoms with van der Waals surface area (Å²) in [4.78, 5) is 21.0. The van der Waals surface area contributed by atoms with Crippen LogP contribution in [-0.2, 0) is 14.3 Å². The summed E-state index contributed by atoms with van der Waals surface area (Å²) in [6.07, 6.45) is 0.0122. The molecule has 1 saturated heterocycles. The summed E-state index contributed by atoms with van der Waals surface area (Å²) in [6, 6.07) is 6.05. The Balaban J connectivity index is 1.60. The third-order valence-electron chi connectivity index (χ3n) is 4.67. The standard InChI is InChI=1S/C20H24Cl2N4O5/c1-11(7-27)24-20-23-6-14(22)18(26-20)16-9-31-17(10-30-16)19(29)25-15(8-28)12-3-2-4-13(21)5-12/h2-6,11,15-17,27-28H,7-10H2,1H3,(H,25,29)(H,23,24,26)/t11?,15-,16?,17?/m1/s1. The van der Waals surface area contributed by atoms with Crippen LogP contribution in [0.5, 0.6) is 0 Å². The van der Waals surface area contributed by atoms with Gasteiger partial charge in [-0.25, -0.2) is 9.97 Å². The topological polar surface area (TPSA) is 126 Å². The smallest absolute Gasteiger partial charge is 0.252 e. The highest BCUT2D eigenvalue weighted by Gasteiger charge is 2.32. The number of ether oxygens (including phenoxy) is 2. The Kier molecular flexibility index (Phi) is 8.42. The summed E-state index contributed by atoms with van der Waals surface area (Å²) < 4.78 is 11.5. The molecule has 168 valence electrons. The number of amides is 1. The predicted molar refractivity (Wildman–Crippen MR) is 115 cm³/mol. The van der Waals surface area contributed by atoms with Crippen molar-refractivity contribution < 1.29 is 24.5 Å². The van der Waals surface area contributed by atoms with Crippen molar-refractivity contribution >= 4 is 35.1 Å². The molecule has 1 aromatic heterocycles. The minimum atomic E-state index is -0.850. The number of aliphatic hydroxyl groups is 2. The maximum atomic E-state index is 12.6. The molecule has 3 unspecified atom stereocenters. The molecule has 2 aromatic rings. The molecule has 31 heavy (non-hydrogen) atoms. The summed E-state index contributed by atoms with van der Waals surface area (Å²) in [5.74, 6) is -0.109. The lowest BCUT2D eigenvalue weighted by Crippen LogP contribution is -2.45. The van der Waals surface area contributed by atoms with Gasteiger partial charge in [0.25, 0.3) is 5.91 Å². The van der Waals surface area contributed by atoms with Crippen LogP contribution >= 0.6 is 23.2 Å². The number of hydrogen-bond acceptors (Lipinski definition) is 8. The monoisotopic (exact) mass is 470 g/mol. The van der Waals surface area contributed by atoms with E-state index in [1.807, 2.05) is 0 Å². The average molecular weight is 471 g/mol. The lowest BCUT2D eigenvalue weighted by atomic mass is 10.1. The number of anilines is 1. The molecule has 0 aliphatic carbocycles. The van der Waals surface area contributed by atoms with Crippen molar-refractivity contribution in [3.05, 3.63) is 51.8 Å². The van der Waals surface area contributed by atoms with Crippen molar-refractivity contribution in [1.82, 2.24) is 15.3 Å². The Morgan fingerprint density at radius 1 is 1.26 bits per heavy atom. The van der Waals surface area contributed by atoms with Crippen molar-refractivity contribution in [2.45, 2.75) is 31.2 Å². The van der Waals surface area contributed by atoms with E-state index >= 15 is 0 Å². The summed E-state index contributed by atoms with van der Waals surface area (Å²) in [5, 5.41) is 25.3. The maximum Gasteiger partial charge on any atom is 0.252 e. The second-order valence-electron chi connectivity index (χ2n) is 7.10. The van der Waals surface area contributed by atoms with Gasteiger partial charge in [0.05, 0.1) is 49.4 Å². The van der Waals surface area contributed by atoms with Crippen LogP contribution in [0, 0.1) is 0 Å². The van der Waals surface area contributed by atoms with Crippen LogP contribution < -0.4 is 10.6 Å². The molecule has 1 aliphatic rings. The van der Waals surface area contributed by atoms with Crippen LogP contribution in [0.4, 0.5) is 5.95 Å². The molecule has 0 saturated carbocycles. The first-order valence-corrected chi connectivity index (χ1v) is 10.5. The molecule has 9 nitrogen and oxygen atoms in total. The molecule has 0 spiro atoms. The number of halogens is 2. The van der Waals surface area contributed by atoms with E-state index in [2.05, 4.69) is 20.6 Å². The van der Waals surface area contributed by atoms with Crippen molar-refractivity contribution in [3.63, 3.8) is 0 Å². The Morgan fingerprint density at radius 2 is 2.06 bits per heavy atom. The number of carbonyl (C=O) groups excluding carboxylic acids is 1. The van der Waals surface area contributed by atoms with Gasteiger partial charge in [-0.05, 0) is 24.6 Å². The van der Waals surface area contributed by atoms with Crippen LogP contribution in [0.25, 0.3) is 0 Å². The third kappa shape index (κ3) is 6.25. The lowest BCUT2D eigenvalue weighted by molar-refractivity contribution is -0.163. The summed E-state index contributed by atoms with van der Waals surface area (Å²) in [7, 11) is 0. The third-order valence-corrected chi connectivity index (χ3v) is 5.19. The molecule has 0 bridgehead atoms.